The maximum atomic E-state index is 12.4. The van der Waals surface area contributed by atoms with Crippen molar-refractivity contribution in [3.63, 3.8) is 0 Å². The zero-order valence-electron chi connectivity index (χ0n) is 42.0. The van der Waals surface area contributed by atoms with Gasteiger partial charge in [0.2, 0.25) is 5.36 Å². The van der Waals surface area contributed by atoms with Gasteiger partial charge in [-0.05, 0) is 73.7 Å². The van der Waals surface area contributed by atoms with Crippen molar-refractivity contribution < 1.29 is 76.5 Å². The summed E-state index contributed by atoms with van der Waals surface area (Å²) in [5.41, 5.74) is 2.03. The van der Waals surface area contributed by atoms with Crippen LogP contribution in [0.3, 0.4) is 0 Å². The summed E-state index contributed by atoms with van der Waals surface area (Å²) in [5, 5.41) is 0.742. The van der Waals surface area contributed by atoms with Gasteiger partial charge in [0.1, 0.15) is 24.7 Å². The zero-order chi connectivity index (χ0) is 52.1. The van der Waals surface area contributed by atoms with Gasteiger partial charge in [-0.15, -0.1) is 0 Å². The van der Waals surface area contributed by atoms with Crippen LogP contribution in [0.15, 0.2) is 69.6 Å². The van der Waals surface area contributed by atoms with E-state index in [-0.39, 0.29) is 30.8 Å². The summed E-state index contributed by atoms with van der Waals surface area (Å²) in [7, 11) is -11.5. The molecule has 3 N–H and O–H groups in total. The first-order chi connectivity index (χ1) is 33.6. The second-order valence-electron chi connectivity index (χ2n) is 18.2. The van der Waals surface area contributed by atoms with Gasteiger partial charge in [-0.3, -0.25) is 13.7 Å². The first kappa shape index (κ1) is 59.9. The quantitative estimate of drug-likeness (QED) is 0.0381. The van der Waals surface area contributed by atoms with E-state index in [1.165, 1.54) is 12.1 Å². The summed E-state index contributed by atoms with van der Waals surface area (Å²) in [5.74, 6) is 0.302. The number of hydrogen-bond donors (Lipinski definition) is 3. The summed E-state index contributed by atoms with van der Waals surface area (Å²) in [6.07, 6.45) is 6.98. The van der Waals surface area contributed by atoms with Crippen molar-refractivity contribution in [1.29, 1.82) is 0 Å². The van der Waals surface area contributed by atoms with E-state index in [9.17, 15) is 38.9 Å². The SMILES string of the molecule is CCCOCCOCCOCCN1/C(=C\C=C\c2cc(C(C)(C)C)oc3cc(=[N+](CCCS(=O)(=O)O)CCOCCOCCOCCOC)ccc2-3)C(C)(CCCS(=O)(=O)O)c2cc(S(=O)(=O)O)ccc21. The molecule has 1 atom stereocenters. The zero-order valence-corrected chi connectivity index (χ0v) is 44.5. The molecule has 3 aliphatic rings. The number of ether oxygens (including phenoxy) is 7. The molecule has 0 saturated carbocycles. The van der Waals surface area contributed by atoms with Gasteiger partial charge in [-0.2, -0.15) is 25.3 Å². The van der Waals surface area contributed by atoms with Crippen LogP contribution >= 0.6 is 0 Å². The molecule has 4 rings (SSSR count). The summed E-state index contributed by atoms with van der Waals surface area (Å²) in [6.45, 7) is 16.3. The molecule has 0 spiro atoms. The standard InChI is InChI=1S/C49H74N2O17S3/c1-7-21-62-26-29-66-31-28-64-23-20-51-44-16-14-41(71(58,59)60)38-43(44)49(5,17-9-34-69(52,53)54)46(51)12-8-11-39-36-47(48(2,3)4)68-45-37-40(13-15-42(39)45)50(18-10-35-70(55,56)57)19-22-63-27-30-67-33-32-65-25-24-61-6/h8,11-16,36-38H,7,9-10,17-35H2,1-6H3,(H2-,52,53,54,55,56,57,58,59,60)/p+1. The average molecular weight is 1060 g/mol. The largest absolute Gasteiger partial charge is 0.460 e. The second-order valence-corrected chi connectivity index (χ2v) is 22.8. The third kappa shape index (κ3) is 20.3. The Hall–Kier alpha value is -3.62. The van der Waals surface area contributed by atoms with Crippen LogP contribution in [-0.4, -0.2) is 163 Å². The van der Waals surface area contributed by atoms with Crippen LogP contribution < -0.4 is 14.8 Å². The molecule has 0 radical (unpaired) electrons. The Morgan fingerprint density at radius 1 is 0.704 bits per heavy atom. The molecule has 71 heavy (non-hydrogen) atoms. The van der Waals surface area contributed by atoms with Crippen LogP contribution in [0.1, 0.15) is 77.2 Å². The third-order valence-electron chi connectivity index (χ3n) is 11.6. The van der Waals surface area contributed by atoms with Gasteiger partial charge in [0.15, 0.2) is 6.54 Å². The van der Waals surface area contributed by atoms with Crippen molar-refractivity contribution in [1.82, 2.24) is 4.58 Å². The molecule has 0 amide bonds. The highest BCUT2D eigenvalue weighted by atomic mass is 32.2. The molecular formula is C49H75N2O17S3+. The lowest BCUT2D eigenvalue weighted by atomic mass is 9.77. The molecule has 1 unspecified atom stereocenters. The molecule has 2 heterocycles. The van der Waals surface area contributed by atoms with Gasteiger partial charge in [-0.25, -0.2) is 4.58 Å². The fourth-order valence-corrected chi connectivity index (χ4v) is 9.47. The first-order valence-corrected chi connectivity index (χ1v) is 28.5. The fraction of sp³-hybridized carbons (Fsp3) is 0.612. The molecule has 1 aromatic rings. The Morgan fingerprint density at radius 3 is 1.86 bits per heavy atom. The van der Waals surface area contributed by atoms with E-state index in [1.54, 1.807) is 13.2 Å². The van der Waals surface area contributed by atoms with Crippen molar-refractivity contribution in [3.8, 4) is 11.3 Å². The average Bonchev–Trinajstić information content (AvgIpc) is 3.51. The molecule has 2 aliphatic heterocycles. The highest BCUT2D eigenvalue weighted by Crippen LogP contribution is 2.51. The smallest absolute Gasteiger partial charge is 0.294 e. The number of nitrogens with zero attached hydrogens (tertiary/aromatic N) is 2. The Bertz CT molecular complexity index is 2570. The molecule has 19 nitrogen and oxygen atoms in total. The molecule has 22 heteroatoms. The molecular weight excluding hydrogens is 985 g/mol. The number of anilines is 1. The number of methoxy groups -OCH3 is 1. The third-order valence-corrected chi connectivity index (χ3v) is 14.0. The predicted octanol–water partition coefficient (Wildman–Crippen LogP) is 5.48. The van der Waals surface area contributed by atoms with Gasteiger partial charge in [0.05, 0.1) is 95.1 Å². The number of hydrogen-bond acceptors (Lipinski definition) is 15. The number of allylic oxidation sites excluding steroid dienone is 3. The highest BCUT2D eigenvalue weighted by Gasteiger charge is 2.44. The second kappa shape index (κ2) is 28.7. The van der Waals surface area contributed by atoms with Gasteiger partial charge in [-0.1, -0.05) is 39.8 Å². The molecule has 0 bridgehead atoms. The highest BCUT2D eigenvalue weighted by molar-refractivity contribution is 7.86. The van der Waals surface area contributed by atoms with Crippen molar-refractivity contribution in [2.45, 2.75) is 76.0 Å². The van der Waals surface area contributed by atoms with E-state index in [2.05, 4.69) is 0 Å². The number of fused-ring (bicyclic) bond motifs is 2. The van der Waals surface area contributed by atoms with Crippen molar-refractivity contribution in [2.75, 3.05) is 129 Å². The minimum absolute atomic E-state index is 0.0386. The number of rotatable bonds is 34. The van der Waals surface area contributed by atoms with E-state index >= 15 is 0 Å². The minimum atomic E-state index is -4.61. The fourth-order valence-electron chi connectivity index (χ4n) is 7.96. The van der Waals surface area contributed by atoms with Crippen LogP contribution in [-0.2, 0) is 74.3 Å². The monoisotopic (exact) mass is 1060 g/mol. The maximum absolute atomic E-state index is 12.4. The minimum Gasteiger partial charge on any atom is -0.460 e. The topological polar surface area (TPSA) is 247 Å². The van der Waals surface area contributed by atoms with Crippen molar-refractivity contribution in [2.24, 2.45) is 0 Å². The summed E-state index contributed by atoms with van der Waals surface area (Å²) in [6, 6.07) is 12.0. The van der Waals surface area contributed by atoms with Crippen molar-refractivity contribution in [3.05, 3.63) is 82.6 Å². The molecule has 0 saturated heterocycles. The van der Waals surface area contributed by atoms with E-state index in [0.717, 1.165) is 22.9 Å². The van der Waals surface area contributed by atoms with Gasteiger partial charge in [0, 0.05) is 60.5 Å². The lowest BCUT2D eigenvalue weighted by Gasteiger charge is -2.30. The van der Waals surface area contributed by atoms with E-state index in [4.69, 9.17) is 37.6 Å². The summed E-state index contributed by atoms with van der Waals surface area (Å²) < 4.78 is 149. The number of benzene rings is 2. The Labute approximate surface area is 420 Å². The van der Waals surface area contributed by atoms with Gasteiger partial charge >= 0.3 is 0 Å². The molecule has 0 fully saturated rings. The molecule has 1 aliphatic carbocycles. The molecule has 400 valence electrons. The Kier molecular flexibility index (Phi) is 24.3. The lowest BCUT2D eigenvalue weighted by Crippen LogP contribution is -2.35. The van der Waals surface area contributed by atoms with Gasteiger partial charge < -0.3 is 42.5 Å². The summed E-state index contributed by atoms with van der Waals surface area (Å²) >= 11 is 0. The maximum Gasteiger partial charge on any atom is 0.294 e. The Balaban J connectivity index is 1.72. The molecule has 0 aromatic heterocycles. The van der Waals surface area contributed by atoms with E-state index in [0.29, 0.717) is 127 Å². The van der Waals surface area contributed by atoms with Crippen LogP contribution in [0.25, 0.3) is 17.4 Å². The van der Waals surface area contributed by atoms with Crippen LogP contribution in [0.5, 0.6) is 0 Å². The molecule has 1 aromatic carbocycles. The van der Waals surface area contributed by atoms with E-state index in [1.807, 2.05) is 86.6 Å². The predicted molar refractivity (Wildman–Crippen MR) is 271 cm³/mol. The van der Waals surface area contributed by atoms with Crippen LogP contribution in [0.4, 0.5) is 5.69 Å². The van der Waals surface area contributed by atoms with Crippen LogP contribution in [0.2, 0.25) is 0 Å². The first-order valence-electron chi connectivity index (χ1n) is 23.9. The van der Waals surface area contributed by atoms with E-state index < -0.39 is 52.7 Å². The van der Waals surface area contributed by atoms with Gasteiger partial charge in [0.25, 0.3) is 30.4 Å². The summed E-state index contributed by atoms with van der Waals surface area (Å²) in [4.78, 5) is 1.67. The van der Waals surface area contributed by atoms with Crippen molar-refractivity contribution >= 4 is 42.1 Å². The Morgan fingerprint density at radius 2 is 1.28 bits per heavy atom. The normalized spacial score (nSPS) is 16.7. The lowest BCUT2D eigenvalue weighted by molar-refractivity contribution is 0.00371. The van der Waals surface area contributed by atoms with Crippen LogP contribution in [0, 0.1) is 0 Å².